The molecule has 0 saturated carbocycles. The van der Waals surface area contributed by atoms with E-state index in [0.29, 0.717) is 5.41 Å². The molecule has 3 heterocycles. The van der Waals surface area contributed by atoms with Gasteiger partial charge in [-0.1, -0.05) is 19.9 Å². The number of amides is 1. The van der Waals surface area contributed by atoms with Gasteiger partial charge in [-0.05, 0) is 29.9 Å². The molecule has 0 spiro atoms. The lowest BCUT2D eigenvalue weighted by Crippen LogP contribution is -2.33. The average Bonchev–Trinajstić information content (AvgIpc) is 2.82. The Labute approximate surface area is 131 Å². The third-order valence-electron chi connectivity index (χ3n) is 4.50. The zero-order chi connectivity index (χ0) is 15.9. The molecule has 1 N–H and O–H groups in total. The standard InChI is InChI=1S/C17H24N4O/c1-12(22)19-16-9-13(5-7-20(16)4)14-11-18-21-8-6-17(2,3)10-15(14)21/h5,9,11H,6-8,10H2,1-4H3,(H,19,22). The first kappa shape index (κ1) is 14.9. The first-order valence-electron chi connectivity index (χ1n) is 7.81. The molecule has 5 heteroatoms. The van der Waals surface area contributed by atoms with E-state index in [2.05, 4.69) is 35.0 Å². The molecule has 0 aliphatic carbocycles. The Morgan fingerprint density at radius 2 is 2.18 bits per heavy atom. The number of fused-ring (bicyclic) bond motifs is 1. The fourth-order valence-corrected chi connectivity index (χ4v) is 3.13. The topological polar surface area (TPSA) is 50.2 Å². The van der Waals surface area contributed by atoms with Gasteiger partial charge in [0.15, 0.2) is 0 Å². The molecule has 0 fully saturated rings. The number of likely N-dealkylation sites (N-methyl/N-ethyl adjacent to an activating group) is 1. The molecule has 0 bridgehead atoms. The van der Waals surface area contributed by atoms with Gasteiger partial charge >= 0.3 is 0 Å². The highest BCUT2D eigenvalue weighted by molar-refractivity contribution is 5.80. The van der Waals surface area contributed by atoms with E-state index < -0.39 is 0 Å². The second kappa shape index (κ2) is 5.30. The Bertz CT molecular complexity index is 666. The van der Waals surface area contributed by atoms with Crippen LogP contribution < -0.4 is 5.32 Å². The summed E-state index contributed by atoms with van der Waals surface area (Å²) >= 11 is 0. The third kappa shape index (κ3) is 2.80. The van der Waals surface area contributed by atoms with Crippen LogP contribution in [0.3, 0.4) is 0 Å². The summed E-state index contributed by atoms with van der Waals surface area (Å²) in [4.78, 5) is 13.4. The second-order valence-electron chi connectivity index (χ2n) is 7.07. The van der Waals surface area contributed by atoms with Gasteiger partial charge in [-0.2, -0.15) is 5.10 Å². The van der Waals surface area contributed by atoms with E-state index in [1.54, 1.807) is 0 Å². The van der Waals surface area contributed by atoms with Gasteiger partial charge in [0.25, 0.3) is 0 Å². The van der Waals surface area contributed by atoms with Crippen molar-refractivity contribution in [1.29, 1.82) is 0 Å². The van der Waals surface area contributed by atoms with Gasteiger partial charge in [-0.25, -0.2) is 0 Å². The Balaban J connectivity index is 1.94. The Kier molecular flexibility index (Phi) is 3.59. The molecule has 2 aliphatic rings. The van der Waals surface area contributed by atoms with Crippen LogP contribution >= 0.6 is 0 Å². The molecule has 2 aliphatic heterocycles. The maximum atomic E-state index is 11.4. The van der Waals surface area contributed by atoms with Crippen LogP contribution in [-0.4, -0.2) is 34.2 Å². The van der Waals surface area contributed by atoms with Crippen LogP contribution in [0, 0.1) is 5.41 Å². The van der Waals surface area contributed by atoms with E-state index in [4.69, 9.17) is 0 Å². The number of aryl methyl sites for hydroxylation is 1. The van der Waals surface area contributed by atoms with E-state index in [1.807, 2.05) is 24.2 Å². The summed E-state index contributed by atoms with van der Waals surface area (Å²) in [6, 6.07) is 0. The van der Waals surface area contributed by atoms with Crippen LogP contribution in [0.5, 0.6) is 0 Å². The minimum Gasteiger partial charge on any atom is -0.357 e. The highest BCUT2D eigenvalue weighted by atomic mass is 16.1. The van der Waals surface area contributed by atoms with Crippen molar-refractivity contribution in [2.45, 2.75) is 40.2 Å². The van der Waals surface area contributed by atoms with E-state index >= 15 is 0 Å². The van der Waals surface area contributed by atoms with Crippen molar-refractivity contribution in [3.63, 3.8) is 0 Å². The zero-order valence-corrected chi connectivity index (χ0v) is 13.8. The van der Waals surface area contributed by atoms with Crippen LogP contribution in [0.25, 0.3) is 5.57 Å². The predicted molar refractivity (Wildman–Crippen MR) is 86.8 cm³/mol. The lowest BCUT2D eigenvalue weighted by molar-refractivity contribution is -0.118. The molecular weight excluding hydrogens is 276 g/mol. The van der Waals surface area contributed by atoms with Gasteiger partial charge in [-0.3, -0.25) is 9.48 Å². The highest BCUT2D eigenvalue weighted by Crippen LogP contribution is 2.35. The van der Waals surface area contributed by atoms with E-state index in [-0.39, 0.29) is 5.91 Å². The van der Waals surface area contributed by atoms with Crippen LogP contribution in [0.2, 0.25) is 0 Å². The number of carbonyl (C=O) groups excluding carboxylic acids is 1. The number of carbonyl (C=O) groups is 1. The summed E-state index contributed by atoms with van der Waals surface area (Å²) in [6.45, 7) is 7.94. The van der Waals surface area contributed by atoms with Gasteiger partial charge in [0.2, 0.25) is 5.91 Å². The highest BCUT2D eigenvalue weighted by Gasteiger charge is 2.29. The summed E-state index contributed by atoms with van der Waals surface area (Å²) in [5.74, 6) is 0.803. The van der Waals surface area contributed by atoms with Crippen LogP contribution in [0.1, 0.15) is 38.4 Å². The minimum absolute atomic E-state index is 0.0440. The van der Waals surface area contributed by atoms with Crippen molar-refractivity contribution in [3.8, 4) is 0 Å². The summed E-state index contributed by atoms with van der Waals surface area (Å²) in [6.07, 6.45) is 8.42. The molecule has 0 saturated heterocycles. The van der Waals surface area contributed by atoms with E-state index in [1.165, 1.54) is 18.2 Å². The molecule has 5 nitrogen and oxygen atoms in total. The number of hydrogen-bond donors (Lipinski definition) is 1. The fourth-order valence-electron chi connectivity index (χ4n) is 3.13. The number of rotatable bonds is 2. The van der Waals surface area contributed by atoms with Gasteiger partial charge in [-0.15, -0.1) is 0 Å². The average molecular weight is 300 g/mol. The molecule has 1 aromatic heterocycles. The van der Waals surface area contributed by atoms with Crippen molar-refractivity contribution < 1.29 is 4.79 Å². The number of allylic oxidation sites excluding steroid dienone is 2. The van der Waals surface area contributed by atoms with Crippen molar-refractivity contribution in [2.24, 2.45) is 5.41 Å². The summed E-state index contributed by atoms with van der Waals surface area (Å²) in [5.41, 5.74) is 3.98. The molecule has 1 amide bonds. The van der Waals surface area contributed by atoms with Crippen molar-refractivity contribution >= 4 is 11.5 Å². The molecule has 0 aromatic carbocycles. The second-order valence-corrected chi connectivity index (χ2v) is 7.07. The van der Waals surface area contributed by atoms with Gasteiger partial charge in [0.1, 0.15) is 5.82 Å². The first-order chi connectivity index (χ1) is 10.4. The number of nitrogens with one attached hydrogen (secondary N) is 1. The number of hydrogen-bond acceptors (Lipinski definition) is 3. The largest absolute Gasteiger partial charge is 0.357 e. The molecule has 0 radical (unpaired) electrons. The Morgan fingerprint density at radius 1 is 1.41 bits per heavy atom. The Morgan fingerprint density at radius 3 is 2.91 bits per heavy atom. The Hall–Kier alpha value is -2.04. The van der Waals surface area contributed by atoms with Gasteiger partial charge in [0, 0.05) is 38.3 Å². The first-order valence-corrected chi connectivity index (χ1v) is 7.81. The maximum absolute atomic E-state index is 11.4. The predicted octanol–water partition coefficient (Wildman–Crippen LogP) is 2.16. The van der Waals surface area contributed by atoms with Crippen LogP contribution in [0.4, 0.5) is 0 Å². The maximum Gasteiger partial charge on any atom is 0.222 e. The summed E-state index contributed by atoms with van der Waals surface area (Å²) in [5, 5.41) is 7.45. The van der Waals surface area contributed by atoms with Crippen LogP contribution in [-0.2, 0) is 17.8 Å². The normalized spacial score (nSPS) is 20.1. The van der Waals surface area contributed by atoms with E-state index in [0.717, 1.165) is 37.3 Å². The SMILES string of the molecule is CC(=O)NC1=CC(c2cnn3c2CC(C)(C)CC3)=CCN1C. The lowest BCUT2D eigenvalue weighted by Gasteiger charge is -2.31. The molecular formula is C17H24N4O. The number of nitrogens with zero attached hydrogens (tertiary/aromatic N) is 3. The third-order valence-corrected chi connectivity index (χ3v) is 4.50. The zero-order valence-electron chi connectivity index (χ0n) is 13.8. The minimum atomic E-state index is -0.0440. The summed E-state index contributed by atoms with van der Waals surface area (Å²) in [7, 11) is 1.98. The number of aromatic nitrogens is 2. The van der Waals surface area contributed by atoms with Crippen molar-refractivity contribution in [2.75, 3.05) is 13.6 Å². The van der Waals surface area contributed by atoms with E-state index in [9.17, 15) is 4.79 Å². The molecule has 1 aromatic rings. The monoisotopic (exact) mass is 300 g/mol. The quantitative estimate of drug-likeness (QED) is 0.910. The van der Waals surface area contributed by atoms with Gasteiger partial charge < -0.3 is 10.2 Å². The lowest BCUT2D eigenvalue weighted by atomic mass is 9.80. The molecule has 0 atom stereocenters. The fraction of sp³-hybridized carbons (Fsp3) is 0.529. The summed E-state index contributed by atoms with van der Waals surface area (Å²) < 4.78 is 2.13. The van der Waals surface area contributed by atoms with Crippen molar-refractivity contribution in [1.82, 2.24) is 20.0 Å². The molecule has 3 rings (SSSR count). The van der Waals surface area contributed by atoms with Gasteiger partial charge in [0.05, 0.1) is 6.20 Å². The van der Waals surface area contributed by atoms with Crippen LogP contribution in [0.15, 0.2) is 24.2 Å². The van der Waals surface area contributed by atoms with Crippen molar-refractivity contribution in [3.05, 3.63) is 35.4 Å². The molecule has 118 valence electrons. The molecule has 0 unspecified atom stereocenters. The molecule has 22 heavy (non-hydrogen) atoms. The smallest absolute Gasteiger partial charge is 0.222 e.